The van der Waals surface area contributed by atoms with Gasteiger partial charge in [-0.1, -0.05) is 12.1 Å². The predicted molar refractivity (Wildman–Crippen MR) is 71.8 cm³/mol. The van der Waals surface area contributed by atoms with Crippen LogP contribution in [0.5, 0.6) is 0 Å². The number of fused-ring (bicyclic) bond motifs is 1. The molecule has 0 radical (unpaired) electrons. The summed E-state index contributed by atoms with van der Waals surface area (Å²) < 4.78 is 0. The fourth-order valence-corrected chi connectivity index (χ4v) is 2.72. The van der Waals surface area contributed by atoms with E-state index in [2.05, 4.69) is 6.07 Å². The van der Waals surface area contributed by atoms with Gasteiger partial charge in [-0.05, 0) is 50.3 Å². The zero-order chi connectivity index (χ0) is 12.4. The molecule has 92 valence electrons. The van der Waals surface area contributed by atoms with E-state index in [1.165, 1.54) is 17.5 Å². The molecule has 1 aliphatic rings. The molecule has 2 rings (SSSR count). The summed E-state index contributed by atoms with van der Waals surface area (Å²) in [6.07, 6.45) is 3.39. The Bertz CT molecular complexity index is 428. The molecule has 0 fully saturated rings. The van der Waals surface area contributed by atoms with E-state index in [4.69, 9.17) is 11.6 Å². The second kappa shape index (κ2) is 5.09. The van der Waals surface area contributed by atoms with E-state index < -0.39 is 0 Å². The molecule has 0 heterocycles. The minimum absolute atomic E-state index is 0.0121. The van der Waals surface area contributed by atoms with Crippen LogP contribution in [0.3, 0.4) is 0 Å². The van der Waals surface area contributed by atoms with Crippen molar-refractivity contribution in [1.82, 2.24) is 0 Å². The van der Waals surface area contributed by atoms with E-state index in [0.29, 0.717) is 0 Å². The molecular weight excluding hydrogens is 234 g/mol. The van der Waals surface area contributed by atoms with Crippen LogP contribution in [0, 0.1) is 0 Å². The van der Waals surface area contributed by atoms with Crippen molar-refractivity contribution in [2.24, 2.45) is 0 Å². The summed E-state index contributed by atoms with van der Waals surface area (Å²) in [5.74, 6) is 0.0314. The molecule has 0 saturated heterocycles. The van der Waals surface area contributed by atoms with Gasteiger partial charge in [0.05, 0.1) is 0 Å². The lowest BCUT2D eigenvalue weighted by Crippen LogP contribution is -2.38. The molecule has 3 heteroatoms. The van der Waals surface area contributed by atoms with Crippen LogP contribution in [0.25, 0.3) is 0 Å². The lowest BCUT2D eigenvalue weighted by Gasteiger charge is -2.28. The van der Waals surface area contributed by atoms with Gasteiger partial charge in [-0.2, -0.15) is 0 Å². The molecular formula is C14H18ClNO. The van der Waals surface area contributed by atoms with E-state index in [0.717, 1.165) is 18.5 Å². The molecule has 1 aromatic rings. The number of rotatable bonds is 3. The zero-order valence-electron chi connectivity index (χ0n) is 10.4. The van der Waals surface area contributed by atoms with E-state index >= 15 is 0 Å². The van der Waals surface area contributed by atoms with Crippen molar-refractivity contribution < 1.29 is 4.79 Å². The van der Waals surface area contributed by atoms with Gasteiger partial charge in [0.1, 0.15) is 5.88 Å². The second-order valence-electron chi connectivity index (χ2n) is 4.76. The molecule has 0 N–H and O–H groups in total. The summed E-state index contributed by atoms with van der Waals surface area (Å²) in [6.45, 7) is 4.05. The Hall–Kier alpha value is -1.02. The number of amides is 1. The highest BCUT2D eigenvalue weighted by atomic mass is 35.5. The third-order valence-corrected chi connectivity index (χ3v) is 3.51. The topological polar surface area (TPSA) is 20.3 Å². The lowest BCUT2D eigenvalue weighted by molar-refractivity contribution is -0.116. The van der Waals surface area contributed by atoms with Crippen molar-refractivity contribution >= 4 is 23.2 Å². The SMILES string of the molecule is CC(C)N(C(=O)CCl)c1cccc2c1CCC2. The molecule has 0 unspecified atom stereocenters. The molecule has 1 amide bonds. The number of carbonyl (C=O) groups is 1. The quantitative estimate of drug-likeness (QED) is 0.756. The molecule has 0 atom stereocenters. The third kappa shape index (κ3) is 2.32. The standard InChI is InChI=1S/C14H18ClNO/c1-10(2)16(14(17)9-15)13-8-4-6-11-5-3-7-12(11)13/h4,6,8,10H,3,5,7,9H2,1-2H3. The molecule has 0 aromatic heterocycles. The van der Waals surface area contributed by atoms with Crippen LogP contribution in [0.1, 0.15) is 31.4 Å². The third-order valence-electron chi connectivity index (χ3n) is 3.28. The maximum Gasteiger partial charge on any atom is 0.242 e. The number of benzene rings is 1. The number of hydrogen-bond acceptors (Lipinski definition) is 1. The van der Waals surface area contributed by atoms with Gasteiger partial charge < -0.3 is 4.90 Å². The summed E-state index contributed by atoms with van der Waals surface area (Å²) >= 11 is 5.70. The van der Waals surface area contributed by atoms with Gasteiger partial charge in [0.15, 0.2) is 0 Å². The largest absolute Gasteiger partial charge is 0.309 e. The Morgan fingerprint density at radius 3 is 2.82 bits per heavy atom. The normalized spacial score (nSPS) is 13.9. The van der Waals surface area contributed by atoms with Gasteiger partial charge in [-0.25, -0.2) is 0 Å². The Labute approximate surface area is 108 Å². The van der Waals surface area contributed by atoms with Crippen LogP contribution in [-0.4, -0.2) is 17.8 Å². The van der Waals surface area contributed by atoms with Crippen molar-refractivity contribution in [3.05, 3.63) is 29.3 Å². The maximum atomic E-state index is 11.9. The minimum Gasteiger partial charge on any atom is -0.309 e. The molecule has 1 aliphatic carbocycles. The smallest absolute Gasteiger partial charge is 0.242 e. The number of aryl methyl sites for hydroxylation is 1. The number of alkyl halides is 1. The molecule has 0 bridgehead atoms. The average molecular weight is 252 g/mol. The van der Waals surface area contributed by atoms with Crippen molar-refractivity contribution in [3.8, 4) is 0 Å². The summed E-state index contributed by atoms with van der Waals surface area (Å²) in [5.41, 5.74) is 3.77. The first-order valence-electron chi connectivity index (χ1n) is 6.14. The van der Waals surface area contributed by atoms with Crippen molar-refractivity contribution in [2.75, 3.05) is 10.8 Å². The summed E-state index contributed by atoms with van der Waals surface area (Å²) in [7, 11) is 0. The lowest BCUT2D eigenvalue weighted by atomic mass is 10.1. The predicted octanol–water partition coefficient (Wildman–Crippen LogP) is 3.16. The van der Waals surface area contributed by atoms with Gasteiger partial charge in [0.2, 0.25) is 5.91 Å². The van der Waals surface area contributed by atoms with Crippen LogP contribution >= 0.6 is 11.6 Å². The zero-order valence-corrected chi connectivity index (χ0v) is 11.1. The van der Waals surface area contributed by atoms with Crippen LogP contribution < -0.4 is 4.90 Å². The Kier molecular flexibility index (Phi) is 3.72. The fourth-order valence-electron chi connectivity index (χ4n) is 2.59. The van der Waals surface area contributed by atoms with Gasteiger partial charge in [0, 0.05) is 11.7 Å². The second-order valence-corrected chi connectivity index (χ2v) is 5.03. The number of anilines is 1. The number of halogens is 1. The fraction of sp³-hybridized carbons (Fsp3) is 0.500. The first-order chi connectivity index (χ1) is 8.15. The van der Waals surface area contributed by atoms with E-state index in [1.54, 1.807) is 0 Å². The average Bonchev–Trinajstić information content (AvgIpc) is 2.77. The molecule has 0 aliphatic heterocycles. The van der Waals surface area contributed by atoms with Gasteiger partial charge in [0.25, 0.3) is 0 Å². The van der Waals surface area contributed by atoms with Gasteiger partial charge in [-0.3, -0.25) is 4.79 Å². The Morgan fingerprint density at radius 1 is 1.41 bits per heavy atom. The summed E-state index contributed by atoms with van der Waals surface area (Å²) in [5, 5.41) is 0. The van der Waals surface area contributed by atoms with Gasteiger partial charge in [-0.15, -0.1) is 11.6 Å². The van der Waals surface area contributed by atoms with Crippen LogP contribution in [-0.2, 0) is 17.6 Å². The highest BCUT2D eigenvalue weighted by Gasteiger charge is 2.23. The molecule has 0 saturated carbocycles. The Balaban J connectivity index is 2.43. The van der Waals surface area contributed by atoms with Crippen molar-refractivity contribution in [3.63, 3.8) is 0 Å². The van der Waals surface area contributed by atoms with Gasteiger partial charge >= 0.3 is 0 Å². The van der Waals surface area contributed by atoms with Crippen LogP contribution in [0.2, 0.25) is 0 Å². The minimum atomic E-state index is -0.0121. The van der Waals surface area contributed by atoms with E-state index in [9.17, 15) is 4.79 Å². The van der Waals surface area contributed by atoms with Crippen LogP contribution in [0.15, 0.2) is 18.2 Å². The molecule has 17 heavy (non-hydrogen) atoms. The van der Waals surface area contributed by atoms with Crippen LogP contribution in [0.4, 0.5) is 5.69 Å². The highest BCUT2D eigenvalue weighted by molar-refractivity contribution is 6.29. The number of hydrogen-bond donors (Lipinski definition) is 0. The van der Waals surface area contributed by atoms with E-state index in [-0.39, 0.29) is 17.8 Å². The monoisotopic (exact) mass is 251 g/mol. The Morgan fingerprint density at radius 2 is 2.18 bits per heavy atom. The molecule has 1 aromatic carbocycles. The first-order valence-corrected chi connectivity index (χ1v) is 6.67. The number of nitrogens with zero attached hydrogens (tertiary/aromatic N) is 1. The first kappa shape index (κ1) is 12.4. The highest BCUT2D eigenvalue weighted by Crippen LogP contribution is 2.32. The maximum absolute atomic E-state index is 11.9. The summed E-state index contributed by atoms with van der Waals surface area (Å²) in [6, 6.07) is 6.38. The van der Waals surface area contributed by atoms with Crippen molar-refractivity contribution in [1.29, 1.82) is 0 Å². The van der Waals surface area contributed by atoms with Crippen molar-refractivity contribution in [2.45, 2.75) is 39.2 Å². The molecule has 0 spiro atoms. The molecule has 2 nitrogen and oxygen atoms in total. The number of carbonyl (C=O) groups excluding carboxylic acids is 1. The van der Waals surface area contributed by atoms with E-state index in [1.807, 2.05) is 30.9 Å². The summed E-state index contributed by atoms with van der Waals surface area (Å²) in [4.78, 5) is 13.8.